The first-order chi connectivity index (χ1) is 10.7. The molecule has 118 valence electrons. The van der Waals surface area contributed by atoms with Gasteiger partial charge >= 0.3 is 0 Å². The van der Waals surface area contributed by atoms with E-state index in [0.29, 0.717) is 6.10 Å². The predicted molar refractivity (Wildman–Crippen MR) is 91.2 cm³/mol. The summed E-state index contributed by atoms with van der Waals surface area (Å²) in [6.45, 7) is 0.869. The Morgan fingerprint density at radius 2 is 2.27 bits per heavy atom. The minimum absolute atomic E-state index is 0.122. The van der Waals surface area contributed by atoms with Gasteiger partial charge in [0.15, 0.2) is 5.16 Å². The zero-order valence-corrected chi connectivity index (χ0v) is 14.4. The molecule has 1 fully saturated rings. The Hall–Kier alpha value is -0.850. The molecular weight excluding hydrogens is 316 g/mol. The third-order valence-electron chi connectivity index (χ3n) is 4.58. The number of thiophene rings is 1. The summed E-state index contributed by atoms with van der Waals surface area (Å²) in [6, 6.07) is 0. The summed E-state index contributed by atoms with van der Waals surface area (Å²) in [7, 11) is 1.85. The lowest BCUT2D eigenvalue weighted by Crippen LogP contribution is -2.23. The van der Waals surface area contributed by atoms with Crippen LogP contribution in [0.3, 0.4) is 0 Å². The molecule has 0 saturated carbocycles. The number of hydrogen-bond acceptors (Lipinski definition) is 5. The van der Waals surface area contributed by atoms with E-state index in [4.69, 9.17) is 9.72 Å². The third kappa shape index (κ3) is 2.51. The van der Waals surface area contributed by atoms with Gasteiger partial charge in [0, 0.05) is 24.3 Å². The van der Waals surface area contributed by atoms with Crippen molar-refractivity contribution >= 4 is 33.3 Å². The molecule has 4 nitrogen and oxygen atoms in total. The maximum absolute atomic E-state index is 12.7. The second kappa shape index (κ2) is 5.98. The van der Waals surface area contributed by atoms with E-state index in [1.54, 1.807) is 27.7 Å². The van der Waals surface area contributed by atoms with Gasteiger partial charge in [-0.2, -0.15) is 0 Å². The van der Waals surface area contributed by atoms with Crippen molar-refractivity contribution in [3.63, 3.8) is 0 Å². The number of aromatic nitrogens is 2. The van der Waals surface area contributed by atoms with Crippen LogP contribution in [0.15, 0.2) is 9.95 Å². The van der Waals surface area contributed by atoms with Crippen molar-refractivity contribution in [2.24, 2.45) is 7.05 Å². The van der Waals surface area contributed by atoms with Crippen molar-refractivity contribution < 1.29 is 4.74 Å². The molecule has 0 aromatic carbocycles. The van der Waals surface area contributed by atoms with E-state index in [1.807, 2.05) is 7.05 Å². The van der Waals surface area contributed by atoms with Crippen molar-refractivity contribution in [1.82, 2.24) is 9.55 Å². The summed E-state index contributed by atoms with van der Waals surface area (Å²) in [5.41, 5.74) is 1.39. The first kappa shape index (κ1) is 14.7. The average molecular weight is 336 g/mol. The van der Waals surface area contributed by atoms with Crippen LogP contribution in [-0.4, -0.2) is 28.0 Å². The molecule has 0 bridgehead atoms. The molecule has 6 heteroatoms. The molecule has 0 unspecified atom stereocenters. The molecule has 1 aliphatic heterocycles. The van der Waals surface area contributed by atoms with Crippen LogP contribution >= 0.6 is 23.1 Å². The van der Waals surface area contributed by atoms with Gasteiger partial charge in [0.1, 0.15) is 4.83 Å². The largest absolute Gasteiger partial charge is 0.377 e. The van der Waals surface area contributed by atoms with Gasteiger partial charge in [0.25, 0.3) is 5.56 Å². The fourth-order valence-corrected chi connectivity index (χ4v) is 5.68. The van der Waals surface area contributed by atoms with Crippen molar-refractivity contribution in [1.29, 1.82) is 0 Å². The molecule has 2 aromatic heterocycles. The molecule has 0 N–H and O–H groups in total. The Morgan fingerprint density at radius 3 is 3.09 bits per heavy atom. The number of aryl methyl sites for hydroxylation is 2. The molecule has 0 spiro atoms. The first-order valence-corrected chi connectivity index (χ1v) is 9.80. The summed E-state index contributed by atoms with van der Waals surface area (Å²) in [5, 5.41) is 1.70. The summed E-state index contributed by atoms with van der Waals surface area (Å²) >= 11 is 3.37. The number of nitrogens with zero attached hydrogens (tertiary/aromatic N) is 2. The highest BCUT2D eigenvalue weighted by Crippen LogP contribution is 2.35. The summed E-state index contributed by atoms with van der Waals surface area (Å²) in [6.07, 6.45) is 7.16. The van der Waals surface area contributed by atoms with Gasteiger partial charge in [-0.15, -0.1) is 11.3 Å². The van der Waals surface area contributed by atoms with E-state index in [0.717, 1.165) is 47.0 Å². The summed E-state index contributed by atoms with van der Waals surface area (Å²) < 4.78 is 7.50. The number of fused-ring (bicyclic) bond motifs is 3. The van der Waals surface area contributed by atoms with Crippen molar-refractivity contribution in [2.45, 2.75) is 49.8 Å². The number of rotatable bonds is 3. The first-order valence-electron chi connectivity index (χ1n) is 7.99. The average Bonchev–Trinajstić information content (AvgIpc) is 3.11. The monoisotopic (exact) mass is 336 g/mol. The summed E-state index contributed by atoms with van der Waals surface area (Å²) in [5.74, 6) is 0.886. The van der Waals surface area contributed by atoms with E-state index in [2.05, 4.69) is 0 Å². The van der Waals surface area contributed by atoms with Gasteiger partial charge in [-0.05, 0) is 44.1 Å². The topological polar surface area (TPSA) is 44.1 Å². The molecule has 3 heterocycles. The molecule has 4 rings (SSSR count). The Labute approximate surface area is 137 Å². The van der Waals surface area contributed by atoms with E-state index in [9.17, 15) is 4.79 Å². The Morgan fingerprint density at radius 1 is 1.36 bits per heavy atom. The molecule has 2 aromatic rings. The number of thioether (sulfide) groups is 1. The van der Waals surface area contributed by atoms with E-state index in [1.165, 1.54) is 29.7 Å². The van der Waals surface area contributed by atoms with Crippen molar-refractivity contribution in [3.8, 4) is 0 Å². The van der Waals surface area contributed by atoms with Gasteiger partial charge in [-0.25, -0.2) is 4.98 Å². The quantitative estimate of drug-likeness (QED) is 0.638. The van der Waals surface area contributed by atoms with Gasteiger partial charge in [-0.1, -0.05) is 11.8 Å². The number of ether oxygens (including phenoxy) is 1. The van der Waals surface area contributed by atoms with E-state index in [-0.39, 0.29) is 5.56 Å². The fourth-order valence-electron chi connectivity index (χ4n) is 3.34. The zero-order valence-electron chi connectivity index (χ0n) is 12.8. The van der Waals surface area contributed by atoms with Crippen molar-refractivity contribution in [2.75, 3.05) is 12.4 Å². The molecular formula is C16H20N2O2S2. The van der Waals surface area contributed by atoms with Crippen LogP contribution in [-0.2, 0) is 24.6 Å². The van der Waals surface area contributed by atoms with Gasteiger partial charge < -0.3 is 4.74 Å². The normalized spacial score (nSPS) is 21.4. The molecule has 0 amide bonds. The molecule has 1 aliphatic carbocycles. The predicted octanol–water partition coefficient (Wildman–Crippen LogP) is 3.14. The van der Waals surface area contributed by atoms with Gasteiger partial charge in [-0.3, -0.25) is 9.36 Å². The molecule has 2 aliphatic rings. The van der Waals surface area contributed by atoms with Crippen LogP contribution in [0.5, 0.6) is 0 Å². The van der Waals surface area contributed by atoms with Crippen LogP contribution in [0.4, 0.5) is 0 Å². The van der Waals surface area contributed by atoms with Crippen LogP contribution in [0, 0.1) is 0 Å². The lowest BCUT2D eigenvalue weighted by Gasteiger charge is -2.22. The lowest BCUT2D eigenvalue weighted by atomic mass is 10.1. The maximum Gasteiger partial charge on any atom is 0.262 e. The minimum Gasteiger partial charge on any atom is -0.377 e. The van der Waals surface area contributed by atoms with Crippen LogP contribution < -0.4 is 5.56 Å². The fraction of sp³-hybridized carbons (Fsp3) is 0.625. The SMILES string of the molecule is Cn1c(SC[C@H]2CCCCO2)nc2sc3c(c2c1=O)CCC3. The van der Waals surface area contributed by atoms with E-state index >= 15 is 0 Å². The van der Waals surface area contributed by atoms with Crippen molar-refractivity contribution in [3.05, 3.63) is 20.8 Å². The lowest BCUT2D eigenvalue weighted by molar-refractivity contribution is 0.0315. The van der Waals surface area contributed by atoms with Gasteiger partial charge in [0.05, 0.1) is 11.5 Å². The Bertz CT molecular complexity index is 760. The molecule has 0 radical (unpaired) electrons. The molecule has 22 heavy (non-hydrogen) atoms. The van der Waals surface area contributed by atoms with Crippen LogP contribution in [0.25, 0.3) is 10.2 Å². The van der Waals surface area contributed by atoms with Crippen LogP contribution in [0.2, 0.25) is 0 Å². The maximum atomic E-state index is 12.7. The van der Waals surface area contributed by atoms with Gasteiger partial charge in [0.2, 0.25) is 0 Å². The summed E-state index contributed by atoms with van der Waals surface area (Å²) in [4.78, 5) is 19.8. The molecule has 1 atom stereocenters. The zero-order chi connectivity index (χ0) is 15.1. The Kier molecular flexibility index (Phi) is 4.00. The highest BCUT2D eigenvalue weighted by molar-refractivity contribution is 7.99. The second-order valence-electron chi connectivity index (χ2n) is 6.10. The smallest absolute Gasteiger partial charge is 0.262 e. The molecule has 1 saturated heterocycles. The third-order valence-corrected chi connectivity index (χ3v) is 6.93. The minimum atomic E-state index is 0.122. The van der Waals surface area contributed by atoms with E-state index < -0.39 is 0 Å². The van der Waals surface area contributed by atoms with Crippen LogP contribution in [0.1, 0.15) is 36.1 Å². The highest BCUT2D eigenvalue weighted by Gasteiger charge is 2.23. The highest BCUT2D eigenvalue weighted by atomic mass is 32.2. The standard InChI is InChI=1S/C16H20N2O2S2/c1-18-15(19)13-11-6-4-7-12(11)22-14(13)17-16(18)21-9-10-5-2-3-8-20-10/h10H,2-9H2,1H3/t10-/m1/s1. The second-order valence-corrected chi connectivity index (χ2v) is 8.17. The number of hydrogen-bond donors (Lipinski definition) is 0. The Balaban J connectivity index is 1.64.